The Morgan fingerprint density at radius 2 is 1.48 bits per heavy atom. The zero-order valence-corrected chi connectivity index (χ0v) is 16.2. The van der Waals surface area contributed by atoms with Gasteiger partial charge >= 0.3 is 0 Å². The molecule has 0 atom stereocenters. The van der Waals surface area contributed by atoms with E-state index < -0.39 is 0 Å². The highest BCUT2D eigenvalue weighted by Gasteiger charge is 2.17. The highest BCUT2D eigenvalue weighted by molar-refractivity contribution is 14.1. The molecule has 130 valence electrons. The van der Waals surface area contributed by atoms with Crippen molar-refractivity contribution in [2.45, 2.75) is 25.8 Å². The van der Waals surface area contributed by atoms with Gasteiger partial charge in [0.1, 0.15) is 0 Å². The van der Waals surface area contributed by atoms with Crippen molar-refractivity contribution in [3.63, 3.8) is 0 Å². The predicted octanol–water partition coefficient (Wildman–Crippen LogP) is 3.85. The largest absolute Gasteiger partial charge is 0.348 e. The fourth-order valence-electron chi connectivity index (χ4n) is 2.93. The predicted molar refractivity (Wildman–Crippen MR) is 107 cm³/mol. The number of carbonyl (C=O) groups is 2. The molecule has 0 aliphatic carbocycles. The number of piperidine rings is 1. The number of rotatable bonds is 4. The summed E-state index contributed by atoms with van der Waals surface area (Å²) in [5.41, 5.74) is 2.35. The van der Waals surface area contributed by atoms with Gasteiger partial charge in [-0.05, 0) is 83.8 Å². The molecule has 0 radical (unpaired) electrons. The van der Waals surface area contributed by atoms with E-state index in [0.717, 1.165) is 40.6 Å². The lowest BCUT2D eigenvalue weighted by Gasteiger charge is -2.26. The first kappa shape index (κ1) is 17.9. The first-order valence-corrected chi connectivity index (χ1v) is 9.63. The molecule has 25 heavy (non-hydrogen) atoms. The van der Waals surface area contributed by atoms with E-state index in [-0.39, 0.29) is 11.8 Å². The van der Waals surface area contributed by atoms with Crippen molar-refractivity contribution in [1.29, 1.82) is 0 Å². The Labute approximate surface area is 161 Å². The second kappa shape index (κ2) is 8.47. The van der Waals surface area contributed by atoms with Crippen molar-refractivity contribution in [1.82, 2.24) is 10.2 Å². The van der Waals surface area contributed by atoms with Gasteiger partial charge in [0.2, 0.25) is 0 Å². The summed E-state index contributed by atoms with van der Waals surface area (Å²) in [5, 5.41) is 2.91. The van der Waals surface area contributed by atoms with Gasteiger partial charge in [0.15, 0.2) is 0 Å². The molecule has 0 aromatic heterocycles. The van der Waals surface area contributed by atoms with Crippen LogP contribution in [0.15, 0.2) is 48.5 Å². The zero-order chi connectivity index (χ0) is 17.6. The van der Waals surface area contributed by atoms with Crippen LogP contribution in [0.2, 0.25) is 0 Å². The lowest BCUT2D eigenvalue weighted by molar-refractivity contribution is 0.0724. The summed E-state index contributed by atoms with van der Waals surface area (Å²) in [7, 11) is 0. The number of likely N-dealkylation sites (tertiary alicyclic amines) is 1. The first-order chi connectivity index (χ1) is 12.1. The summed E-state index contributed by atoms with van der Waals surface area (Å²) < 4.78 is 1.10. The van der Waals surface area contributed by atoms with Gasteiger partial charge in [0, 0.05) is 34.3 Å². The molecule has 0 bridgehead atoms. The van der Waals surface area contributed by atoms with Gasteiger partial charge in [-0.15, -0.1) is 0 Å². The second-order valence-corrected chi connectivity index (χ2v) is 7.48. The average molecular weight is 448 g/mol. The van der Waals surface area contributed by atoms with Crippen LogP contribution in [-0.2, 0) is 6.54 Å². The van der Waals surface area contributed by atoms with E-state index in [1.165, 1.54) is 6.42 Å². The highest BCUT2D eigenvalue weighted by Crippen LogP contribution is 2.14. The molecule has 1 N–H and O–H groups in total. The van der Waals surface area contributed by atoms with E-state index >= 15 is 0 Å². The Balaban J connectivity index is 1.56. The molecule has 2 amide bonds. The van der Waals surface area contributed by atoms with Crippen LogP contribution in [-0.4, -0.2) is 29.8 Å². The van der Waals surface area contributed by atoms with Gasteiger partial charge in [-0.3, -0.25) is 9.59 Å². The third kappa shape index (κ3) is 4.81. The standard InChI is InChI=1S/C20H21IN2O2/c21-18-10-8-16(9-11-18)19(24)22-14-15-4-6-17(7-5-15)20(25)23-12-2-1-3-13-23/h4-11H,1-3,12-14H2,(H,22,24). The van der Waals surface area contributed by atoms with Crippen molar-refractivity contribution in [2.75, 3.05) is 13.1 Å². The Morgan fingerprint density at radius 1 is 0.880 bits per heavy atom. The van der Waals surface area contributed by atoms with Gasteiger partial charge < -0.3 is 10.2 Å². The fraction of sp³-hybridized carbons (Fsp3) is 0.300. The Bertz CT molecular complexity index is 735. The van der Waals surface area contributed by atoms with Gasteiger partial charge in [0.05, 0.1) is 0 Å². The molecular weight excluding hydrogens is 427 g/mol. The number of benzene rings is 2. The molecule has 4 nitrogen and oxygen atoms in total. The van der Waals surface area contributed by atoms with Crippen molar-refractivity contribution in [3.05, 3.63) is 68.8 Å². The number of amides is 2. The minimum absolute atomic E-state index is 0.0927. The van der Waals surface area contributed by atoms with Crippen LogP contribution in [0.25, 0.3) is 0 Å². The molecular formula is C20H21IN2O2. The summed E-state index contributed by atoms with van der Waals surface area (Å²) in [5.74, 6) is 0.0130. The summed E-state index contributed by atoms with van der Waals surface area (Å²) in [6.07, 6.45) is 3.39. The summed E-state index contributed by atoms with van der Waals surface area (Å²) in [4.78, 5) is 26.5. The molecule has 1 saturated heterocycles. The summed E-state index contributed by atoms with van der Waals surface area (Å²) in [6, 6.07) is 15.0. The maximum absolute atomic E-state index is 12.4. The van der Waals surface area contributed by atoms with Crippen LogP contribution in [0.1, 0.15) is 45.5 Å². The highest BCUT2D eigenvalue weighted by atomic mass is 127. The maximum atomic E-state index is 12.4. The van der Waals surface area contributed by atoms with Crippen LogP contribution in [0, 0.1) is 3.57 Å². The Hall–Kier alpha value is -1.89. The smallest absolute Gasteiger partial charge is 0.253 e. The van der Waals surface area contributed by atoms with Crippen LogP contribution in [0.5, 0.6) is 0 Å². The third-order valence-electron chi connectivity index (χ3n) is 4.40. The fourth-order valence-corrected chi connectivity index (χ4v) is 3.29. The van der Waals surface area contributed by atoms with E-state index in [4.69, 9.17) is 0 Å². The molecule has 5 heteroatoms. The molecule has 2 aromatic carbocycles. The maximum Gasteiger partial charge on any atom is 0.253 e. The average Bonchev–Trinajstić information content (AvgIpc) is 2.67. The van der Waals surface area contributed by atoms with Gasteiger partial charge in [-0.1, -0.05) is 12.1 Å². The number of halogens is 1. The molecule has 1 heterocycles. The monoisotopic (exact) mass is 448 g/mol. The molecule has 1 fully saturated rings. The first-order valence-electron chi connectivity index (χ1n) is 8.55. The van der Waals surface area contributed by atoms with Crippen LogP contribution < -0.4 is 5.32 Å². The minimum Gasteiger partial charge on any atom is -0.348 e. The van der Waals surface area contributed by atoms with E-state index in [2.05, 4.69) is 27.9 Å². The van der Waals surface area contributed by atoms with E-state index in [1.54, 1.807) is 0 Å². The normalized spacial score (nSPS) is 14.2. The van der Waals surface area contributed by atoms with Crippen molar-refractivity contribution < 1.29 is 9.59 Å². The van der Waals surface area contributed by atoms with Crippen molar-refractivity contribution >= 4 is 34.4 Å². The lowest BCUT2D eigenvalue weighted by atomic mass is 10.1. The van der Waals surface area contributed by atoms with E-state index in [9.17, 15) is 9.59 Å². The quantitative estimate of drug-likeness (QED) is 0.723. The molecule has 0 spiro atoms. The van der Waals surface area contributed by atoms with Crippen molar-refractivity contribution in [2.24, 2.45) is 0 Å². The number of nitrogens with one attached hydrogen (secondary N) is 1. The second-order valence-electron chi connectivity index (χ2n) is 6.24. The number of nitrogens with zero attached hydrogens (tertiary/aromatic N) is 1. The summed E-state index contributed by atoms with van der Waals surface area (Å²) >= 11 is 2.21. The van der Waals surface area contributed by atoms with Crippen molar-refractivity contribution in [3.8, 4) is 0 Å². The molecule has 0 saturated carbocycles. The van der Waals surface area contributed by atoms with Crippen LogP contribution >= 0.6 is 22.6 Å². The van der Waals surface area contributed by atoms with Crippen LogP contribution in [0.4, 0.5) is 0 Å². The summed E-state index contributed by atoms with van der Waals surface area (Å²) in [6.45, 7) is 2.16. The minimum atomic E-state index is -0.0927. The van der Waals surface area contributed by atoms with E-state index in [1.807, 2.05) is 53.4 Å². The molecule has 1 aliphatic heterocycles. The molecule has 1 aliphatic rings. The number of hydrogen-bond donors (Lipinski definition) is 1. The third-order valence-corrected chi connectivity index (χ3v) is 5.12. The molecule has 2 aromatic rings. The zero-order valence-electron chi connectivity index (χ0n) is 14.0. The van der Waals surface area contributed by atoms with Gasteiger partial charge in [-0.25, -0.2) is 0 Å². The topological polar surface area (TPSA) is 49.4 Å². The SMILES string of the molecule is O=C(NCc1ccc(C(=O)N2CCCCC2)cc1)c1ccc(I)cc1. The van der Waals surface area contributed by atoms with Gasteiger partial charge in [0.25, 0.3) is 11.8 Å². The lowest BCUT2D eigenvalue weighted by Crippen LogP contribution is -2.35. The Morgan fingerprint density at radius 3 is 2.12 bits per heavy atom. The Kier molecular flexibility index (Phi) is 6.07. The van der Waals surface area contributed by atoms with Crippen LogP contribution in [0.3, 0.4) is 0 Å². The molecule has 3 rings (SSSR count). The number of carbonyl (C=O) groups excluding carboxylic acids is 2. The van der Waals surface area contributed by atoms with Gasteiger partial charge in [-0.2, -0.15) is 0 Å². The van der Waals surface area contributed by atoms with E-state index in [0.29, 0.717) is 12.1 Å². The molecule has 0 unspecified atom stereocenters. The number of hydrogen-bond acceptors (Lipinski definition) is 2.